The summed E-state index contributed by atoms with van der Waals surface area (Å²) in [5, 5.41) is 0. The van der Waals surface area contributed by atoms with Crippen LogP contribution in [-0.4, -0.2) is 18.1 Å². The second-order valence-corrected chi connectivity index (χ2v) is 3.52. The average Bonchev–Trinajstić information content (AvgIpc) is 2.11. The highest BCUT2D eigenvalue weighted by Crippen LogP contribution is 2.16. The Balaban J connectivity index is 2.87. The summed E-state index contributed by atoms with van der Waals surface area (Å²) < 4.78 is 5.41. The molecule has 0 spiro atoms. The summed E-state index contributed by atoms with van der Waals surface area (Å²) in [6.45, 7) is 1.88. The number of esters is 1. The minimum atomic E-state index is -0.244. The van der Waals surface area contributed by atoms with E-state index in [2.05, 4.69) is 25.7 Å². The van der Waals surface area contributed by atoms with Gasteiger partial charge in [-0.3, -0.25) is 9.78 Å². The van der Waals surface area contributed by atoms with E-state index in [1.165, 1.54) is 7.11 Å². The lowest BCUT2D eigenvalue weighted by Gasteiger charge is -2.03. The molecule has 1 rings (SSSR count). The molecule has 0 aliphatic heterocycles. The summed E-state index contributed by atoms with van der Waals surface area (Å²) in [7, 11) is 1.38. The highest BCUT2D eigenvalue weighted by Gasteiger charge is 2.06. The van der Waals surface area contributed by atoms with Crippen molar-refractivity contribution in [2.75, 3.05) is 7.11 Å². The Kier molecular flexibility index (Phi) is 3.42. The zero-order chi connectivity index (χ0) is 9.84. The fraction of sp³-hybridized carbons (Fsp3) is 0.333. The van der Waals surface area contributed by atoms with Crippen LogP contribution in [0.5, 0.6) is 0 Å². The largest absolute Gasteiger partial charge is 0.469 e. The minimum Gasteiger partial charge on any atom is -0.469 e. The average molecular weight is 244 g/mol. The van der Waals surface area contributed by atoms with Crippen LogP contribution in [0.3, 0.4) is 0 Å². The van der Waals surface area contributed by atoms with E-state index < -0.39 is 0 Å². The highest BCUT2D eigenvalue weighted by molar-refractivity contribution is 9.10. The Morgan fingerprint density at radius 1 is 1.69 bits per heavy atom. The molecule has 0 saturated heterocycles. The van der Waals surface area contributed by atoms with E-state index in [-0.39, 0.29) is 12.4 Å². The van der Waals surface area contributed by atoms with Crippen LogP contribution in [0.25, 0.3) is 0 Å². The van der Waals surface area contributed by atoms with Gasteiger partial charge in [0.05, 0.1) is 13.5 Å². The molecule has 0 atom stereocenters. The molecule has 0 N–H and O–H groups in total. The molecular weight excluding hydrogens is 234 g/mol. The Hall–Kier alpha value is -0.900. The minimum absolute atomic E-state index is 0.244. The van der Waals surface area contributed by atoms with Gasteiger partial charge in [-0.1, -0.05) is 0 Å². The molecule has 0 radical (unpaired) electrons. The van der Waals surface area contributed by atoms with Crippen LogP contribution in [0.4, 0.5) is 0 Å². The number of halogens is 1. The van der Waals surface area contributed by atoms with Crippen LogP contribution < -0.4 is 0 Å². The maximum atomic E-state index is 11.0. The SMILES string of the molecule is COC(=O)Cc1cc(C)ncc1Br. The number of hydrogen-bond acceptors (Lipinski definition) is 3. The van der Waals surface area contributed by atoms with Crippen molar-refractivity contribution >= 4 is 21.9 Å². The number of nitrogens with zero attached hydrogens (tertiary/aromatic N) is 1. The van der Waals surface area contributed by atoms with Gasteiger partial charge in [-0.25, -0.2) is 0 Å². The van der Waals surface area contributed by atoms with Gasteiger partial charge >= 0.3 is 5.97 Å². The molecule has 0 aromatic carbocycles. The molecule has 70 valence electrons. The van der Waals surface area contributed by atoms with Gasteiger partial charge in [0.25, 0.3) is 0 Å². The van der Waals surface area contributed by atoms with Crippen molar-refractivity contribution in [3.8, 4) is 0 Å². The third-order valence-electron chi connectivity index (χ3n) is 1.63. The van der Waals surface area contributed by atoms with Gasteiger partial charge in [-0.15, -0.1) is 0 Å². The molecule has 4 heteroatoms. The number of aromatic nitrogens is 1. The van der Waals surface area contributed by atoms with Crippen molar-refractivity contribution in [1.82, 2.24) is 4.98 Å². The van der Waals surface area contributed by atoms with Crippen molar-refractivity contribution < 1.29 is 9.53 Å². The lowest BCUT2D eigenvalue weighted by Crippen LogP contribution is -2.05. The van der Waals surface area contributed by atoms with Gasteiger partial charge in [0.15, 0.2) is 0 Å². The Morgan fingerprint density at radius 3 is 3.00 bits per heavy atom. The summed E-state index contributed by atoms with van der Waals surface area (Å²) in [5.74, 6) is -0.244. The van der Waals surface area contributed by atoms with E-state index in [4.69, 9.17) is 0 Å². The lowest BCUT2D eigenvalue weighted by molar-refractivity contribution is -0.139. The second kappa shape index (κ2) is 4.37. The number of ether oxygens (including phenoxy) is 1. The third-order valence-corrected chi connectivity index (χ3v) is 2.35. The van der Waals surface area contributed by atoms with Gasteiger partial charge in [-0.05, 0) is 34.5 Å². The topological polar surface area (TPSA) is 39.2 Å². The highest BCUT2D eigenvalue weighted by atomic mass is 79.9. The van der Waals surface area contributed by atoms with E-state index >= 15 is 0 Å². The summed E-state index contributed by atoms with van der Waals surface area (Å²) >= 11 is 3.32. The smallest absolute Gasteiger partial charge is 0.310 e. The first-order valence-electron chi connectivity index (χ1n) is 3.81. The van der Waals surface area contributed by atoms with Gasteiger partial charge < -0.3 is 4.74 Å². The number of rotatable bonds is 2. The van der Waals surface area contributed by atoms with Gasteiger partial charge in [0.1, 0.15) is 0 Å². The Labute approximate surface area is 85.3 Å². The number of aryl methyl sites for hydroxylation is 1. The van der Waals surface area contributed by atoms with Crippen LogP contribution in [0.15, 0.2) is 16.7 Å². The summed E-state index contributed by atoms with van der Waals surface area (Å²) in [6.07, 6.45) is 1.97. The first-order valence-corrected chi connectivity index (χ1v) is 4.60. The van der Waals surface area contributed by atoms with E-state index in [1.54, 1.807) is 6.20 Å². The molecular formula is C9H10BrNO2. The monoisotopic (exact) mass is 243 g/mol. The zero-order valence-electron chi connectivity index (χ0n) is 7.50. The normalized spacial score (nSPS) is 9.77. The van der Waals surface area contributed by atoms with E-state index in [0.29, 0.717) is 0 Å². The molecule has 0 amide bonds. The molecule has 13 heavy (non-hydrogen) atoms. The molecule has 3 nitrogen and oxygen atoms in total. The van der Waals surface area contributed by atoms with Crippen molar-refractivity contribution in [2.24, 2.45) is 0 Å². The van der Waals surface area contributed by atoms with E-state index in [9.17, 15) is 4.79 Å². The molecule has 0 saturated carbocycles. The maximum Gasteiger partial charge on any atom is 0.310 e. The van der Waals surface area contributed by atoms with E-state index in [0.717, 1.165) is 15.7 Å². The van der Waals surface area contributed by atoms with Crippen LogP contribution in [0, 0.1) is 6.92 Å². The fourth-order valence-electron chi connectivity index (χ4n) is 0.963. The van der Waals surface area contributed by atoms with E-state index in [1.807, 2.05) is 13.0 Å². The fourth-order valence-corrected chi connectivity index (χ4v) is 1.32. The van der Waals surface area contributed by atoms with Crippen LogP contribution in [-0.2, 0) is 16.0 Å². The van der Waals surface area contributed by atoms with Crippen LogP contribution in [0.1, 0.15) is 11.3 Å². The molecule has 0 aliphatic carbocycles. The molecule has 1 aromatic rings. The predicted octanol–water partition coefficient (Wildman–Crippen LogP) is 1.87. The first kappa shape index (κ1) is 10.2. The second-order valence-electron chi connectivity index (χ2n) is 2.67. The zero-order valence-corrected chi connectivity index (χ0v) is 9.09. The maximum absolute atomic E-state index is 11.0. The van der Waals surface area contributed by atoms with Crippen molar-refractivity contribution in [2.45, 2.75) is 13.3 Å². The first-order chi connectivity index (χ1) is 6.13. The summed E-state index contributed by atoms with van der Waals surface area (Å²) in [5.41, 5.74) is 1.79. The number of hydrogen-bond donors (Lipinski definition) is 0. The lowest BCUT2D eigenvalue weighted by atomic mass is 10.2. The molecule has 0 aliphatic rings. The van der Waals surface area contributed by atoms with Crippen LogP contribution >= 0.6 is 15.9 Å². The van der Waals surface area contributed by atoms with Crippen LogP contribution in [0.2, 0.25) is 0 Å². The molecule has 0 unspecified atom stereocenters. The molecule has 1 aromatic heterocycles. The number of pyridine rings is 1. The predicted molar refractivity (Wildman–Crippen MR) is 52.4 cm³/mol. The molecule has 0 bridgehead atoms. The van der Waals surface area contributed by atoms with Gasteiger partial charge in [0.2, 0.25) is 0 Å². The van der Waals surface area contributed by atoms with Gasteiger partial charge in [-0.2, -0.15) is 0 Å². The number of carbonyl (C=O) groups excluding carboxylic acids is 1. The van der Waals surface area contributed by atoms with Crippen molar-refractivity contribution in [3.05, 3.63) is 28.0 Å². The standard InChI is InChI=1S/C9H10BrNO2/c1-6-3-7(4-9(12)13-2)8(10)5-11-6/h3,5H,4H2,1-2H3. The molecule has 0 fully saturated rings. The van der Waals surface area contributed by atoms with Crippen molar-refractivity contribution in [3.63, 3.8) is 0 Å². The van der Waals surface area contributed by atoms with Crippen molar-refractivity contribution in [1.29, 1.82) is 0 Å². The third kappa shape index (κ3) is 2.81. The molecule has 1 heterocycles. The van der Waals surface area contributed by atoms with Gasteiger partial charge in [0, 0.05) is 16.4 Å². The quantitative estimate of drug-likeness (QED) is 0.745. The number of methoxy groups -OCH3 is 1. The number of carbonyl (C=O) groups is 1. The Bertz CT molecular complexity index is 325. The summed E-state index contributed by atoms with van der Waals surface area (Å²) in [4.78, 5) is 15.1. The Morgan fingerprint density at radius 2 is 2.38 bits per heavy atom. The summed E-state index contributed by atoms with van der Waals surface area (Å²) in [6, 6.07) is 1.86.